The molecule has 9 heteroatoms. The van der Waals surface area contributed by atoms with Crippen LogP contribution in [-0.2, 0) is 0 Å². The summed E-state index contributed by atoms with van der Waals surface area (Å²) >= 11 is 0. The number of rotatable bonds is 3. The molecule has 36 heavy (non-hydrogen) atoms. The first-order valence-corrected chi connectivity index (χ1v) is 11.4. The third-order valence-electron chi connectivity index (χ3n) is 6.28. The van der Waals surface area contributed by atoms with Gasteiger partial charge in [-0.15, -0.1) is 0 Å². The van der Waals surface area contributed by atoms with Crippen molar-refractivity contribution in [3.8, 4) is 16.9 Å². The van der Waals surface area contributed by atoms with E-state index in [1.165, 1.54) is 0 Å². The molecule has 3 aromatic heterocycles. The molecule has 3 N–H and O–H groups in total. The molecule has 174 valence electrons. The van der Waals surface area contributed by atoms with Crippen molar-refractivity contribution >= 4 is 33.9 Å². The average molecular weight is 473 g/mol. The Hall–Kier alpha value is -5.18. The molecule has 0 amide bonds. The van der Waals surface area contributed by atoms with Crippen LogP contribution >= 0.6 is 0 Å². The Kier molecular flexibility index (Phi) is 4.31. The summed E-state index contributed by atoms with van der Waals surface area (Å²) in [6.45, 7) is 0. The number of aromatic nitrogens is 4. The van der Waals surface area contributed by atoms with E-state index >= 15 is 0 Å². The van der Waals surface area contributed by atoms with Gasteiger partial charge in [0.05, 0.1) is 22.3 Å². The van der Waals surface area contributed by atoms with Crippen LogP contribution in [0.4, 0.5) is 5.95 Å². The zero-order valence-electron chi connectivity index (χ0n) is 18.9. The summed E-state index contributed by atoms with van der Waals surface area (Å²) in [4.78, 5) is 22.6. The van der Waals surface area contributed by atoms with E-state index < -0.39 is 11.8 Å². The molecule has 0 bridgehead atoms. The molecule has 3 aromatic carbocycles. The molecule has 9 nitrogen and oxygen atoms in total. The minimum absolute atomic E-state index is 0.228. The molecule has 4 heterocycles. The summed E-state index contributed by atoms with van der Waals surface area (Å²) in [6, 6.07) is 26.7. The van der Waals surface area contributed by atoms with Crippen LogP contribution in [-0.4, -0.2) is 25.3 Å². The van der Waals surface area contributed by atoms with Gasteiger partial charge in [0.15, 0.2) is 12.1 Å². The Morgan fingerprint density at radius 2 is 1.72 bits per heavy atom. The Morgan fingerprint density at radius 3 is 2.61 bits per heavy atom. The second-order valence-electron chi connectivity index (χ2n) is 8.51. The fraction of sp³-hybridized carbons (Fsp3) is 0.0370. The summed E-state index contributed by atoms with van der Waals surface area (Å²) in [5.41, 5.74) is 10.3. The summed E-state index contributed by atoms with van der Waals surface area (Å²) in [7, 11) is 0. The molecule has 7 rings (SSSR count). The van der Waals surface area contributed by atoms with Crippen molar-refractivity contribution in [2.24, 2.45) is 10.7 Å². The van der Waals surface area contributed by atoms with E-state index in [4.69, 9.17) is 20.2 Å². The van der Waals surface area contributed by atoms with Gasteiger partial charge in [-0.1, -0.05) is 48.5 Å². The number of fused-ring (bicyclic) bond motifs is 4. The van der Waals surface area contributed by atoms with Gasteiger partial charge in [0.2, 0.25) is 5.95 Å². The first-order valence-electron chi connectivity index (χ1n) is 11.4. The number of hydrogen-bond donors (Lipinski definition) is 2. The molecule has 0 aliphatic carbocycles. The maximum Gasteiger partial charge on any atom is 0.345 e. The van der Waals surface area contributed by atoms with Gasteiger partial charge < -0.3 is 10.2 Å². The van der Waals surface area contributed by atoms with Crippen molar-refractivity contribution in [2.45, 2.75) is 6.17 Å². The van der Waals surface area contributed by atoms with Crippen molar-refractivity contribution in [1.82, 2.24) is 19.3 Å². The van der Waals surface area contributed by atoms with Crippen molar-refractivity contribution < 1.29 is 4.42 Å². The van der Waals surface area contributed by atoms with Crippen LogP contribution in [0, 0.1) is 0 Å². The fourth-order valence-electron chi connectivity index (χ4n) is 4.65. The highest BCUT2D eigenvalue weighted by molar-refractivity contribution is 5.95. The first-order chi connectivity index (χ1) is 17.7. The van der Waals surface area contributed by atoms with Gasteiger partial charge in [0, 0.05) is 17.1 Å². The van der Waals surface area contributed by atoms with Crippen LogP contribution in [0.2, 0.25) is 0 Å². The summed E-state index contributed by atoms with van der Waals surface area (Å²) in [5.74, 6) is 0.796. The van der Waals surface area contributed by atoms with Crippen molar-refractivity contribution in [3.63, 3.8) is 0 Å². The molecule has 0 spiro atoms. The van der Waals surface area contributed by atoms with E-state index in [-0.39, 0.29) is 5.96 Å². The average Bonchev–Trinajstić information content (AvgIpc) is 3.50. The lowest BCUT2D eigenvalue weighted by Gasteiger charge is -2.23. The predicted molar refractivity (Wildman–Crippen MR) is 138 cm³/mol. The molecule has 1 aliphatic heterocycles. The zero-order chi connectivity index (χ0) is 24.2. The fourth-order valence-corrected chi connectivity index (χ4v) is 4.65. The van der Waals surface area contributed by atoms with Crippen LogP contribution in [0.5, 0.6) is 0 Å². The Morgan fingerprint density at radius 1 is 0.944 bits per heavy atom. The van der Waals surface area contributed by atoms with Gasteiger partial charge in [0.1, 0.15) is 11.3 Å². The van der Waals surface area contributed by atoms with Crippen molar-refractivity contribution in [1.29, 1.82) is 0 Å². The maximum atomic E-state index is 13.2. The number of imidazole rings is 1. The van der Waals surface area contributed by atoms with Crippen molar-refractivity contribution in [3.05, 3.63) is 107 Å². The third kappa shape index (κ3) is 3.10. The summed E-state index contributed by atoms with van der Waals surface area (Å²) < 4.78 is 9.36. The molecule has 0 saturated heterocycles. The number of nitrogens with zero attached hydrogens (tertiary/aromatic N) is 5. The number of anilines is 1. The molecule has 0 fully saturated rings. The highest BCUT2D eigenvalue weighted by Crippen LogP contribution is 2.37. The van der Waals surface area contributed by atoms with E-state index in [0.29, 0.717) is 28.4 Å². The van der Waals surface area contributed by atoms with E-state index in [9.17, 15) is 4.79 Å². The molecular weight excluding hydrogens is 454 g/mol. The first kappa shape index (κ1) is 20.2. The number of guanidine groups is 1. The van der Waals surface area contributed by atoms with Gasteiger partial charge in [-0.25, -0.2) is 19.5 Å². The molecule has 0 radical (unpaired) electrons. The normalized spacial score (nSPS) is 15.0. The van der Waals surface area contributed by atoms with Crippen LogP contribution in [0.1, 0.15) is 11.7 Å². The SMILES string of the molecule is NC1=N[C@H](c2cn(-c3ccccc3)nc2-c2cc3ccccc3oc2=O)n2c(nc3ccccc32)N1. The largest absolute Gasteiger partial charge is 0.422 e. The van der Waals surface area contributed by atoms with Gasteiger partial charge in [-0.05, 0) is 36.4 Å². The van der Waals surface area contributed by atoms with Crippen LogP contribution < -0.4 is 16.7 Å². The highest BCUT2D eigenvalue weighted by atomic mass is 16.4. The second-order valence-corrected chi connectivity index (χ2v) is 8.51. The van der Waals surface area contributed by atoms with E-state index in [1.54, 1.807) is 10.7 Å². The number of nitrogens with two attached hydrogens (primary N) is 1. The van der Waals surface area contributed by atoms with E-state index in [1.807, 2.05) is 89.6 Å². The highest BCUT2D eigenvalue weighted by Gasteiger charge is 2.30. The number of hydrogen-bond acceptors (Lipinski definition) is 7. The predicted octanol–water partition coefficient (Wildman–Crippen LogP) is 4.28. The van der Waals surface area contributed by atoms with Gasteiger partial charge in [0.25, 0.3) is 0 Å². The minimum Gasteiger partial charge on any atom is -0.422 e. The molecule has 6 aromatic rings. The number of aliphatic imine (C=N–C) groups is 1. The van der Waals surface area contributed by atoms with Crippen LogP contribution in [0.25, 0.3) is 38.9 Å². The molecule has 1 atom stereocenters. The number of benzene rings is 3. The molecule has 0 saturated carbocycles. The molecule has 1 aliphatic rings. The number of para-hydroxylation sites is 4. The van der Waals surface area contributed by atoms with E-state index in [2.05, 4.69) is 10.3 Å². The van der Waals surface area contributed by atoms with Crippen LogP contribution in [0.3, 0.4) is 0 Å². The third-order valence-corrected chi connectivity index (χ3v) is 6.28. The maximum absolute atomic E-state index is 13.2. The minimum atomic E-state index is -0.605. The monoisotopic (exact) mass is 473 g/mol. The lowest BCUT2D eigenvalue weighted by atomic mass is 10.1. The van der Waals surface area contributed by atoms with Gasteiger partial charge in [-0.2, -0.15) is 5.10 Å². The van der Waals surface area contributed by atoms with Gasteiger partial charge in [-0.3, -0.25) is 9.88 Å². The molecule has 0 unspecified atom stereocenters. The lowest BCUT2D eigenvalue weighted by molar-refractivity contribution is 0.562. The van der Waals surface area contributed by atoms with E-state index in [0.717, 1.165) is 22.1 Å². The zero-order valence-corrected chi connectivity index (χ0v) is 18.9. The topological polar surface area (TPSA) is 116 Å². The quantitative estimate of drug-likeness (QED) is 0.371. The lowest BCUT2D eigenvalue weighted by Crippen LogP contribution is -2.31. The molecular formula is C27H19N7O2. The smallest absolute Gasteiger partial charge is 0.345 e. The van der Waals surface area contributed by atoms with Gasteiger partial charge >= 0.3 is 5.63 Å². The Labute approximate surface area is 204 Å². The summed E-state index contributed by atoms with van der Waals surface area (Å²) in [6.07, 6.45) is 1.27. The standard InChI is InChI=1S/C27H19N7O2/c28-26-30-24(34-21-12-6-5-11-20(21)29-27(34)31-26)19-15-33(17-9-2-1-3-10-17)32-23(19)18-14-16-8-4-7-13-22(16)36-25(18)35/h1-15,24H,(H3,28,29,30,31)/t24-/m0/s1. The summed E-state index contributed by atoms with van der Waals surface area (Å²) in [5, 5.41) is 8.70. The Balaban J connectivity index is 1.52. The van der Waals surface area contributed by atoms with Crippen molar-refractivity contribution in [2.75, 3.05) is 5.32 Å². The second kappa shape index (κ2) is 7.67. The number of nitrogens with one attached hydrogen (secondary N) is 1. The van der Waals surface area contributed by atoms with Crippen LogP contribution in [0.15, 0.2) is 105 Å². The Bertz CT molecular complexity index is 1860.